The summed E-state index contributed by atoms with van der Waals surface area (Å²) in [5.41, 5.74) is 0. The molecule has 0 bridgehead atoms. The Morgan fingerprint density at radius 2 is 1.79 bits per heavy atom. The minimum absolute atomic E-state index is 0.350. The van der Waals surface area contributed by atoms with Gasteiger partial charge in [0, 0.05) is 11.8 Å². The highest BCUT2D eigenvalue weighted by molar-refractivity contribution is 5.98. The van der Waals surface area contributed by atoms with Gasteiger partial charge in [0.15, 0.2) is 0 Å². The normalized spacial score (nSPS) is 8.43. The van der Waals surface area contributed by atoms with Gasteiger partial charge in [-0.1, -0.05) is 19.8 Å². The van der Waals surface area contributed by atoms with E-state index in [1.54, 1.807) is 0 Å². The average molecular weight is 198 g/mol. The number of methoxy groups -OCH3 is 1. The fourth-order valence-electron chi connectivity index (χ4n) is 0.706. The van der Waals surface area contributed by atoms with Crippen LogP contribution >= 0.6 is 0 Å². The number of carbonyl (C=O) groups is 2. The molecule has 0 radical (unpaired) electrons. The van der Waals surface area contributed by atoms with Crippen molar-refractivity contribution in [2.24, 2.45) is 0 Å². The van der Waals surface area contributed by atoms with Crippen LogP contribution in [0.2, 0.25) is 0 Å². The summed E-state index contributed by atoms with van der Waals surface area (Å²) < 4.78 is 8.94. The van der Waals surface area contributed by atoms with E-state index in [-0.39, 0.29) is 0 Å². The molecule has 0 aromatic rings. The van der Waals surface area contributed by atoms with Crippen LogP contribution in [0.5, 0.6) is 0 Å². The molecule has 4 nitrogen and oxygen atoms in total. The van der Waals surface area contributed by atoms with Gasteiger partial charge in [0.05, 0.1) is 13.7 Å². The molecule has 0 saturated heterocycles. The third kappa shape index (κ3) is 7.17. The van der Waals surface area contributed by atoms with E-state index in [0.717, 1.165) is 19.3 Å². The summed E-state index contributed by atoms with van der Waals surface area (Å²) >= 11 is 0. The van der Waals surface area contributed by atoms with E-state index < -0.39 is 11.9 Å². The highest BCUT2D eigenvalue weighted by Crippen LogP contribution is 1.93. The van der Waals surface area contributed by atoms with E-state index in [2.05, 4.69) is 11.7 Å². The van der Waals surface area contributed by atoms with Gasteiger partial charge in [-0.3, -0.25) is 0 Å². The standard InChI is InChI=1S/C10H14O4/c1-3-4-5-8-14-10(12)7-6-9(11)13-2/h3-5,8H2,1-2H3. The van der Waals surface area contributed by atoms with Crippen LogP contribution in [-0.2, 0) is 19.1 Å². The molecule has 0 aliphatic heterocycles. The zero-order chi connectivity index (χ0) is 10.8. The summed E-state index contributed by atoms with van der Waals surface area (Å²) in [4.78, 5) is 21.3. The van der Waals surface area contributed by atoms with Gasteiger partial charge in [-0.2, -0.15) is 0 Å². The van der Waals surface area contributed by atoms with E-state index in [1.165, 1.54) is 7.11 Å². The first-order valence-corrected chi connectivity index (χ1v) is 4.47. The first kappa shape index (κ1) is 12.5. The van der Waals surface area contributed by atoms with Crippen molar-refractivity contribution in [3.8, 4) is 11.8 Å². The molecule has 0 N–H and O–H groups in total. The van der Waals surface area contributed by atoms with E-state index >= 15 is 0 Å². The monoisotopic (exact) mass is 198 g/mol. The van der Waals surface area contributed by atoms with Crippen molar-refractivity contribution in [3.63, 3.8) is 0 Å². The zero-order valence-corrected chi connectivity index (χ0v) is 8.46. The lowest BCUT2D eigenvalue weighted by molar-refractivity contribution is -0.137. The van der Waals surface area contributed by atoms with Crippen LogP contribution in [0.1, 0.15) is 26.2 Å². The van der Waals surface area contributed by atoms with Crippen molar-refractivity contribution >= 4 is 11.9 Å². The molecule has 0 heterocycles. The molecule has 0 aromatic heterocycles. The maximum Gasteiger partial charge on any atom is 0.384 e. The van der Waals surface area contributed by atoms with Crippen LogP contribution in [-0.4, -0.2) is 25.7 Å². The zero-order valence-electron chi connectivity index (χ0n) is 8.46. The van der Waals surface area contributed by atoms with Crippen LogP contribution in [0.3, 0.4) is 0 Å². The maximum absolute atomic E-state index is 10.8. The molecule has 0 aliphatic rings. The van der Waals surface area contributed by atoms with Crippen LogP contribution in [0.15, 0.2) is 0 Å². The second kappa shape index (κ2) is 8.11. The van der Waals surface area contributed by atoms with Gasteiger partial charge in [-0.25, -0.2) is 9.59 Å². The molecule has 0 unspecified atom stereocenters. The van der Waals surface area contributed by atoms with E-state index in [9.17, 15) is 9.59 Å². The fraction of sp³-hybridized carbons (Fsp3) is 0.600. The van der Waals surface area contributed by atoms with Crippen molar-refractivity contribution in [1.82, 2.24) is 0 Å². The fourth-order valence-corrected chi connectivity index (χ4v) is 0.706. The van der Waals surface area contributed by atoms with Crippen molar-refractivity contribution in [1.29, 1.82) is 0 Å². The Morgan fingerprint density at radius 3 is 2.36 bits per heavy atom. The molecule has 0 aliphatic carbocycles. The highest BCUT2D eigenvalue weighted by atomic mass is 16.5. The van der Waals surface area contributed by atoms with Crippen LogP contribution < -0.4 is 0 Å². The van der Waals surface area contributed by atoms with Gasteiger partial charge in [-0.15, -0.1) is 0 Å². The molecule has 0 amide bonds. The molecular formula is C10H14O4. The Morgan fingerprint density at radius 1 is 1.14 bits per heavy atom. The first-order chi connectivity index (χ1) is 6.70. The quantitative estimate of drug-likeness (QED) is 0.291. The smallest absolute Gasteiger partial charge is 0.384 e. The summed E-state index contributed by atoms with van der Waals surface area (Å²) in [5.74, 6) is 2.58. The summed E-state index contributed by atoms with van der Waals surface area (Å²) in [6, 6.07) is 0. The van der Waals surface area contributed by atoms with Gasteiger partial charge in [0.1, 0.15) is 0 Å². The Hall–Kier alpha value is -1.50. The minimum atomic E-state index is -0.740. The number of carbonyl (C=O) groups excluding carboxylic acids is 2. The molecule has 78 valence electrons. The molecule has 0 fully saturated rings. The second-order valence-corrected chi connectivity index (χ2v) is 2.58. The number of ether oxygens (including phenoxy) is 2. The lowest BCUT2D eigenvalue weighted by Crippen LogP contribution is -2.04. The first-order valence-electron chi connectivity index (χ1n) is 4.47. The molecular weight excluding hydrogens is 184 g/mol. The van der Waals surface area contributed by atoms with Gasteiger partial charge < -0.3 is 9.47 Å². The summed E-state index contributed by atoms with van der Waals surface area (Å²) in [7, 11) is 1.20. The minimum Gasteiger partial charge on any atom is -0.459 e. The van der Waals surface area contributed by atoms with Crippen molar-refractivity contribution in [2.75, 3.05) is 13.7 Å². The topological polar surface area (TPSA) is 52.6 Å². The summed E-state index contributed by atoms with van der Waals surface area (Å²) in [6.45, 7) is 2.40. The molecule has 0 rings (SSSR count). The number of unbranched alkanes of at least 4 members (excludes halogenated alkanes) is 2. The van der Waals surface area contributed by atoms with Gasteiger partial charge in [0.25, 0.3) is 0 Å². The van der Waals surface area contributed by atoms with E-state index in [4.69, 9.17) is 4.74 Å². The number of esters is 2. The molecule has 14 heavy (non-hydrogen) atoms. The highest BCUT2D eigenvalue weighted by Gasteiger charge is 1.97. The van der Waals surface area contributed by atoms with Gasteiger partial charge in [0.2, 0.25) is 0 Å². The Bertz CT molecular complexity index is 247. The predicted octanol–water partition coefficient (Wildman–Crippen LogP) is 0.896. The third-order valence-corrected chi connectivity index (χ3v) is 1.43. The van der Waals surface area contributed by atoms with Gasteiger partial charge >= 0.3 is 11.9 Å². The predicted molar refractivity (Wildman–Crippen MR) is 50.3 cm³/mol. The summed E-state index contributed by atoms with van der Waals surface area (Å²) in [6.07, 6.45) is 2.89. The Balaban J connectivity index is 3.63. The SMILES string of the molecule is CCCCCOC(=O)C#CC(=O)OC. The number of hydrogen-bond acceptors (Lipinski definition) is 4. The van der Waals surface area contributed by atoms with E-state index in [1.807, 2.05) is 11.8 Å². The largest absolute Gasteiger partial charge is 0.459 e. The van der Waals surface area contributed by atoms with Crippen molar-refractivity contribution in [2.45, 2.75) is 26.2 Å². The summed E-state index contributed by atoms with van der Waals surface area (Å²) in [5, 5.41) is 0. The average Bonchev–Trinajstić information content (AvgIpc) is 2.21. The van der Waals surface area contributed by atoms with Crippen LogP contribution in [0, 0.1) is 11.8 Å². The Kier molecular flexibility index (Phi) is 7.24. The van der Waals surface area contributed by atoms with Crippen LogP contribution in [0.4, 0.5) is 0 Å². The molecule has 0 spiro atoms. The van der Waals surface area contributed by atoms with Gasteiger partial charge in [-0.05, 0) is 6.42 Å². The number of hydrogen-bond donors (Lipinski definition) is 0. The lowest BCUT2D eigenvalue weighted by Gasteiger charge is -1.97. The van der Waals surface area contributed by atoms with E-state index in [0.29, 0.717) is 6.61 Å². The number of rotatable bonds is 4. The molecule has 4 heteroatoms. The maximum atomic E-state index is 10.8. The van der Waals surface area contributed by atoms with Crippen LogP contribution in [0.25, 0.3) is 0 Å². The third-order valence-electron chi connectivity index (χ3n) is 1.43. The van der Waals surface area contributed by atoms with Crippen molar-refractivity contribution < 1.29 is 19.1 Å². The molecule has 0 aromatic carbocycles. The second-order valence-electron chi connectivity index (χ2n) is 2.58. The van der Waals surface area contributed by atoms with Crippen molar-refractivity contribution in [3.05, 3.63) is 0 Å². The molecule has 0 atom stereocenters. The molecule has 0 saturated carbocycles. The Labute approximate surface area is 83.6 Å². The lowest BCUT2D eigenvalue weighted by atomic mass is 10.3.